The highest BCUT2D eigenvalue weighted by atomic mass is 16.5. The second kappa shape index (κ2) is 5.46. The van der Waals surface area contributed by atoms with Crippen molar-refractivity contribution >= 4 is 11.6 Å². The van der Waals surface area contributed by atoms with Gasteiger partial charge in [-0.3, -0.25) is 14.7 Å². The van der Waals surface area contributed by atoms with Gasteiger partial charge in [0.15, 0.2) is 0 Å². The Bertz CT molecular complexity index is 436. The molecular weight excluding hydrogens is 230 g/mol. The normalized spacial score (nSPS) is 24.2. The van der Waals surface area contributed by atoms with E-state index in [1.807, 2.05) is 24.9 Å². The van der Waals surface area contributed by atoms with Gasteiger partial charge < -0.3 is 10.1 Å². The first-order valence-electron chi connectivity index (χ1n) is 6.06. The number of rotatable bonds is 3. The molecule has 0 aromatic carbocycles. The molecule has 2 heterocycles. The Labute approximate surface area is 107 Å². The number of nitrogens with one attached hydrogen (secondary N) is 1. The summed E-state index contributed by atoms with van der Waals surface area (Å²) in [6, 6.07) is 3.54. The van der Waals surface area contributed by atoms with Crippen LogP contribution in [0.3, 0.4) is 0 Å². The van der Waals surface area contributed by atoms with E-state index < -0.39 is 0 Å². The molecule has 2 rings (SSSR count). The van der Waals surface area contributed by atoms with Gasteiger partial charge in [-0.1, -0.05) is 0 Å². The lowest BCUT2D eigenvalue weighted by atomic mass is 10.2. The summed E-state index contributed by atoms with van der Waals surface area (Å²) in [5.74, 6) is 0.0163. The predicted octanol–water partition coefficient (Wildman–Crippen LogP) is 1.05. The van der Waals surface area contributed by atoms with Crippen LogP contribution in [-0.4, -0.2) is 48.6 Å². The number of carbonyl (C=O) groups excluding carboxylic acids is 1. The fourth-order valence-corrected chi connectivity index (χ4v) is 2.28. The van der Waals surface area contributed by atoms with Crippen LogP contribution in [0.25, 0.3) is 0 Å². The zero-order valence-corrected chi connectivity index (χ0v) is 11.0. The summed E-state index contributed by atoms with van der Waals surface area (Å²) < 4.78 is 5.30. The third-order valence-electron chi connectivity index (χ3n) is 3.31. The van der Waals surface area contributed by atoms with Crippen molar-refractivity contribution in [2.24, 2.45) is 0 Å². The van der Waals surface area contributed by atoms with Crippen molar-refractivity contribution in [3.8, 4) is 0 Å². The lowest BCUT2D eigenvalue weighted by Gasteiger charge is -2.18. The lowest BCUT2D eigenvalue weighted by Crippen LogP contribution is -2.37. The number of amides is 1. The Balaban J connectivity index is 2.00. The number of anilines is 1. The number of aromatic nitrogens is 1. The van der Waals surface area contributed by atoms with Crippen molar-refractivity contribution in [1.82, 2.24) is 9.88 Å². The number of likely N-dealkylation sites (N-methyl/N-ethyl adjacent to an activating group) is 1. The van der Waals surface area contributed by atoms with E-state index in [0.717, 1.165) is 24.3 Å². The molecule has 0 radical (unpaired) electrons. The average molecular weight is 249 g/mol. The summed E-state index contributed by atoms with van der Waals surface area (Å²) in [6.07, 6.45) is 2.58. The monoisotopic (exact) mass is 249 g/mol. The zero-order chi connectivity index (χ0) is 13.1. The SMILES string of the molecule is CO[C@H]1C[C@@H](C(=O)Nc2ccnc(C)c2)N(C)C1. The van der Waals surface area contributed by atoms with Gasteiger partial charge in [0.25, 0.3) is 0 Å². The molecule has 1 fully saturated rings. The molecule has 1 saturated heterocycles. The van der Waals surface area contributed by atoms with E-state index in [1.54, 1.807) is 19.4 Å². The first-order valence-corrected chi connectivity index (χ1v) is 6.06. The van der Waals surface area contributed by atoms with Crippen LogP contribution in [-0.2, 0) is 9.53 Å². The number of carbonyl (C=O) groups is 1. The standard InChI is InChI=1S/C13H19N3O2/c1-9-6-10(4-5-14-9)15-13(17)12-7-11(18-3)8-16(12)2/h4-6,11-12H,7-8H2,1-3H3,(H,14,15,17)/t11-,12-/m0/s1. The fraction of sp³-hybridized carbons (Fsp3) is 0.538. The highest BCUT2D eigenvalue weighted by Crippen LogP contribution is 2.19. The van der Waals surface area contributed by atoms with E-state index >= 15 is 0 Å². The average Bonchev–Trinajstić information content (AvgIpc) is 2.70. The molecule has 98 valence electrons. The number of likely N-dealkylation sites (tertiary alicyclic amines) is 1. The fourth-order valence-electron chi connectivity index (χ4n) is 2.28. The van der Waals surface area contributed by atoms with E-state index in [4.69, 9.17) is 4.74 Å². The third-order valence-corrected chi connectivity index (χ3v) is 3.31. The van der Waals surface area contributed by atoms with E-state index in [9.17, 15) is 4.79 Å². The Morgan fingerprint density at radius 3 is 3.00 bits per heavy atom. The predicted molar refractivity (Wildman–Crippen MR) is 69.4 cm³/mol. The maximum absolute atomic E-state index is 12.2. The minimum Gasteiger partial charge on any atom is -0.380 e. The molecule has 0 saturated carbocycles. The van der Waals surface area contributed by atoms with E-state index in [1.165, 1.54) is 0 Å². The largest absolute Gasteiger partial charge is 0.380 e. The molecule has 18 heavy (non-hydrogen) atoms. The molecule has 0 bridgehead atoms. The van der Waals surface area contributed by atoms with Crippen molar-refractivity contribution in [2.75, 3.05) is 26.0 Å². The van der Waals surface area contributed by atoms with Crippen LogP contribution in [0.2, 0.25) is 0 Å². The van der Waals surface area contributed by atoms with Gasteiger partial charge in [0.1, 0.15) is 0 Å². The van der Waals surface area contributed by atoms with Gasteiger partial charge in [0, 0.05) is 31.2 Å². The number of nitrogens with zero attached hydrogens (tertiary/aromatic N) is 2. The number of hydrogen-bond acceptors (Lipinski definition) is 4. The smallest absolute Gasteiger partial charge is 0.241 e. The molecule has 1 aromatic heterocycles. The Kier molecular flexibility index (Phi) is 3.93. The van der Waals surface area contributed by atoms with Gasteiger partial charge >= 0.3 is 0 Å². The summed E-state index contributed by atoms with van der Waals surface area (Å²) in [5, 5.41) is 2.92. The molecule has 1 aliphatic rings. The maximum Gasteiger partial charge on any atom is 0.241 e. The highest BCUT2D eigenvalue weighted by molar-refractivity contribution is 5.95. The van der Waals surface area contributed by atoms with Crippen molar-refractivity contribution in [2.45, 2.75) is 25.5 Å². The van der Waals surface area contributed by atoms with Gasteiger partial charge in [-0.15, -0.1) is 0 Å². The number of pyridine rings is 1. The first-order chi connectivity index (χ1) is 8.60. The summed E-state index contributed by atoms with van der Waals surface area (Å²) in [7, 11) is 3.63. The van der Waals surface area contributed by atoms with Crippen LogP contribution >= 0.6 is 0 Å². The number of ether oxygens (including phenoxy) is 1. The van der Waals surface area contributed by atoms with E-state index in [-0.39, 0.29) is 18.1 Å². The summed E-state index contributed by atoms with van der Waals surface area (Å²) >= 11 is 0. The molecule has 1 amide bonds. The highest BCUT2D eigenvalue weighted by Gasteiger charge is 2.34. The topological polar surface area (TPSA) is 54.5 Å². The van der Waals surface area contributed by atoms with Crippen molar-refractivity contribution in [1.29, 1.82) is 0 Å². The van der Waals surface area contributed by atoms with E-state index in [0.29, 0.717) is 0 Å². The maximum atomic E-state index is 12.2. The van der Waals surface area contributed by atoms with Crippen LogP contribution in [0.1, 0.15) is 12.1 Å². The van der Waals surface area contributed by atoms with Crippen molar-refractivity contribution in [3.05, 3.63) is 24.0 Å². The van der Waals surface area contributed by atoms with Crippen LogP contribution in [0, 0.1) is 6.92 Å². The summed E-state index contributed by atoms with van der Waals surface area (Å²) in [6.45, 7) is 2.70. The number of methoxy groups -OCH3 is 1. The van der Waals surface area contributed by atoms with Crippen molar-refractivity contribution < 1.29 is 9.53 Å². The first kappa shape index (κ1) is 13.0. The molecular formula is C13H19N3O2. The van der Waals surface area contributed by atoms with Gasteiger partial charge in [-0.25, -0.2) is 0 Å². The minimum absolute atomic E-state index is 0.0163. The van der Waals surface area contributed by atoms with Gasteiger partial charge in [0.2, 0.25) is 5.91 Å². The van der Waals surface area contributed by atoms with Crippen LogP contribution in [0.4, 0.5) is 5.69 Å². The molecule has 2 atom stereocenters. The number of hydrogen-bond donors (Lipinski definition) is 1. The van der Waals surface area contributed by atoms with Gasteiger partial charge in [-0.05, 0) is 32.5 Å². The Morgan fingerprint density at radius 2 is 2.39 bits per heavy atom. The molecule has 5 nitrogen and oxygen atoms in total. The molecule has 1 aliphatic heterocycles. The van der Waals surface area contributed by atoms with Crippen LogP contribution in [0.5, 0.6) is 0 Å². The summed E-state index contributed by atoms with van der Waals surface area (Å²) in [4.78, 5) is 18.3. The Morgan fingerprint density at radius 1 is 1.61 bits per heavy atom. The lowest BCUT2D eigenvalue weighted by molar-refractivity contribution is -0.120. The van der Waals surface area contributed by atoms with Crippen LogP contribution in [0.15, 0.2) is 18.3 Å². The van der Waals surface area contributed by atoms with Gasteiger partial charge in [-0.2, -0.15) is 0 Å². The minimum atomic E-state index is -0.122. The quantitative estimate of drug-likeness (QED) is 0.870. The summed E-state index contributed by atoms with van der Waals surface area (Å²) in [5.41, 5.74) is 1.68. The molecule has 0 spiro atoms. The third kappa shape index (κ3) is 2.86. The Hall–Kier alpha value is -1.46. The van der Waals surface area contributed by atoms with Gasteiger partial charge in [0.05, 0.1) is 12.1 Å². The zero-order valence-electron chi connectivity index (χ0n) is 11.0. The molecule has 0 aliphatic carbocycles. The molecule has 1 N–H and O–H groups in total. The van der Waals surface area contributed by atoms with E-state index in [2.05, 4.69) is 10.3 Å². The van der Waals surface area contributed by atoms with Crippen molar-refractivity contribution in [3.63, 3.8) is 0 Å². The second-order valence-electron chi connectivity index (χ2n) is 4.72. The second-order valence-corrected chi connectivity index (χ2v) is 4.72. The number of aryl methyl sites for hydroxylation is 1. The molecule has 0 unspecified atom stereocenters. The molecule has 1 aromatic rings. The molecule has 5 heteroatoms. The van der Waals surface area contributed by atoms with Crippen LogP contribution < -0.4 is 5.32 Å².